The van der Waals surface area contributed by atoms with Crippen LogP contribution in [0.2, 0.25) is 0 Å². The highest BCUT2D eigenvalue weighted by atomic mass is 16.3. The van der Waals surface area contributed by atoms with Gasteiger partial charge in [-0.05, 0) is 37.8 Å². The van der Waals surface area contributed by atoms with E-state index in [4.69, 9.17) is 4.42 Å². The number of aldehydes is 1. The van der Waals surface area contributed by atoms with E-state index >= 15 is 0 Å². The summed E-state index contributed by atoms with van der Waals surface area (Å²) in [6, 6.07) is 5.20. The summed E-state index contributed by atoms with van der Waals surface area (Å²) >= 11 is 0. The number of furan rings is 1. The maximum Gasteiger partial charge on any atom is 0.185 e. The molecule has 0 N–H and O–H groups in total. The smallest absolute Gasteiger partial charge is 0.185 e. The number of nitrogens with zero attached hydrogens (tertiary/aromatic N) is 1. The van der Waals surface area contributed by atoms with Crippen LogP contribution in [0.15, 0.2) is 16.5 Å². The van der Waals surface area contributed by atoms with Gasteiger partial charge in [0, 0.05) is 12.1 Å². The quantitative estimate of drug-likeness (QED) is 0.745. The van der Waals surface area contributed by atoms with Crippen molar-refractivity contribution < 1.29 is 9.21 Å². The lowest BCUT2D eigenvalue weighted by Crippen LogP contribution is -2.44. The van der Waals surface area contributed by atoms with Crippen molar-refractivity contribution >= 4 is 6.29 Å². The maximum absolute atomic E-state index is 10.8. The van der Waals surface area contributed by atoms with Gasteiger partial charge >= 0.3 is 0 Å². The standard InChI is InChI=1S/C18H27NO2/c20-14-18-12-11-17(21-18)13-19(15-7-3-1-4-8-15)16-9-5-2-6-10-16/h11-12,14-16H,1-10,13H2. The van der Waals surface area contributed by atoms with Crippen molar-refractivity contribution in [2.45, 2.75) is 82.8 Å². The molecular formula is C18H27NO2. The Morgan fingerprint density at radius 1 is 0.952 bits per heavy atom. The van der Waals surface area contributed by atoms with E-state index in [-0.39, 0.29) is 0 Å². The summed E-state index contributed by atoms with van der Waals surface area (Å²) in [5.74, 6) is 1.41. The van der Waals surface area contributed by atoms with E-state index in [1.165, 1.54) is 64.2 Å². The summed E-state index contributed by atoms with van der Waals surface area (Å²) in [5.41, 5.74) is 0. The minimum atomic E-state index is 0.456. The fourth-order valence-electron chi connectivity index (χ4n) is 4.10. The summed E-state index contributed by atoms with van der Waals surface area (Å²) in [6.07, 6.45) is 14.4. The Kier molecular flexibility index (Phi) is 5.13. The van der Waals surface area contributed by atoms with E-state index in [2.05, 4.69) is 4.90 Å². The van der Waals surface area contributed by atoms with E-state index in [1.807, 2.05) is 6.07 Å². The second-order valence-corrected chi connectivity index (χ2v) is 6.68. The molecule has 0 spiro atoms. The van der Waals surface area contributed by atoms with Gasteiger partial charge in [0.1, 0.15) is 5.76 Å². The zero-order valence-corrected chi connectivity index (χ0v) is 12.9. The number of hydrogen-bond donors (Lipinski definition) is 0. The molecular weight excluding hydrogens is 262 g/mol. The summed E-state index contributed by atoms with van der Waals surface area (Å²) < 4.78 is 5.64. The number of carbonyl (C=O) groups is 1. The predicted molar refractivity (Wildman–Crippen MR) is 83.4 cm³/mol. The zero-order chi connectivity index (χ0) is 14.5. The predicted octanol–water partition coefficient (Wildman–Crippen LogP) is 4.56. The van der Waals surface area contributed by atoms with Crippen molar-refractivity contribution in [2.24, 2.45) is 0 Å². The first-order valence-corrected chi connectivity index (χ1v) is 8.66. The van der Waals surface area contributed by atoms with Crippen molar-refractivity contribution in [3.8, 4) is 0 Å². The fraction of sp³-hybridized carbons (Fsp3) is 0.722. The Morgan fingerprint density at radius 3 is 2.00 bits per heavy atom. The van der Waals surface area contributed by atoms with Crippen LogP contribution in [0.25, 0.3) is 0 Å². The minimum absolute atomic E-state index is 0.456. The van der Waals surface area contributed by atoms with E-state index in [9.17, 15) is 4.79 Å². The van der Waals surface area contributed by atoms with Gasteiger partial charge in [0.15, 0.2) is 12.0 Å². The van der Waals surface area contributed by atoms with Gasteiger partial charge in [0.25, 0.3) is 0 Å². The minimum Gasteiger partial charge on any atom is -0.457 e. The van der Waals surface area contributed by atoms with E-state index in [1.54, 1.807) is 6.07 Å². The first kappa shape index (κ1) is 14.8. The van der Waals surface area contributed by atoms with Gasteiger partial charge in [-0.1, -0.05) is 38.5 Å². The summed E-state index contributed by atoms with van der Waals surface area (Å²) in [6.45, 7) is 0.878. The second kappa shape index (κ2) is 7.26. The van der Waals surface area contributed by atoms with E-state index in [0.717, 1.165) is 18.6 Å². The van der Waals surface area contributed by atoms with Crippen LogP contribution in [-0.4, -0.2) is 23.3 Å². The summed E-state index contributed by atoms with van der Waals surface area (Å²) in [4.78, 5) is 13.5. The SMILES string of the molecule is O=Cc1ccc(CN(C2CCCCC2)C2CCCCC2)o1. The van der Waals surface area contributed by atoms with Crippen LogP contribution in [-0.2, 0) is 6.54 Å². The molecule has 1 aromatic heterocycles. The molecule has 1 aromatic rings. The van der Waals surface area contributed by atoms with Crippen LogP contribution in [0.4, 0.5) is 0 Å². The van der Waals surface area contributed by atoms with Crippen molar-refractivity contribution in [1.82, 2.24) is 4.90 Å². The Morgan fingerprint density at radius 2 is 1.52 bits per heavy atom. The van der Waals surface area contributed by atoms with Gasteiger partial charge in [-0.15, -0.1) is 0 Å². The van der Waals surface area contributed by atoms with Crippen LogP contribution < -0.4 is 0 Å². The molecule has 0 atom stereocenters. The van der Waals surface area contributed by atoms with Crippen molar-refractivity contribution in [3.05, 3.63) is 23.7 Å². The van der Waals surface area contributed by atoms with Crippen molar-refractivity contribution in [1.29, 1.82) is 0 Å². The first-order valence-electron chi connectivity index (χ1n) is 8.66. The highest BCUT2D eigenvalue weighted by molar-refractivity contribution is 5.70. The summed E-state index contributed by atoms with van der Waals surface area (Å²) in [5, 5.41) is 0. The lowest BCUT2D eigenvalue weighted by molar-refractivity contribution is 0.0659. The van der Waals surface area contributed by atoms with Gasteiger partial charge in [0.05, 0.1) is 6.54 Å². The number of hydrogen-bond acceptors (Lipinski definition) is 3. The summed E-state index contributed by atoms with van der Waals surface area (Å²) in [7, 11) is 0. The third kappa shape index (κ3) is 3.76. The van der Waals surface area contributed by atoms with Crippen molar-refractivity contribution in [2.75, 3.05) is 0 Å². The van der Waals surface area contributed by atoms with Gasteiger partial charge in [-0.3, -0.25) is 9.69 Å². The monoisotopic (exact) mass is 289 g/mol. The molecule has 21 heavy (non-hydrogen) atoms. The topological polar surface area (TPSA) is 33.5 Å². The van der Waals surface area contributed by atoms with E-state index in [0.29, 0.717) is 17.8 Å². The normalized spacial score (nSPS) is 21.8. The third-order valence-corrected chi connectivity index (χ3v) is 5.22. The Balaban J connectivity index is 1.71. The molecule has 0 amide bonds. The Hall–Kier alpha value is -1.09. The number of rotatable bonds is 5. The molecule has 3 rings (SSSR count). The van der Waals surface area contributed by atoms with Gasteiger partial charge in [0.2, 0.25) is 0 Å². The van der Waals surface area contributed by atoms with Crippen LogP contribution in [0, 0.1) is 0 Å². The Bertz CT molecular complexity index is 424. The molecule has 0 radical (unpaired) electrons. The number of carbonyl (C=O) groups excluding carboxylic acids is 1. The Labute approximate surface area is 127 Å². The van der Waals surface area contributed by atoms with Gasteiger partial charge in [-0.25, -0.2) is 0 Å². The average molecular weight is 289 g/mol. The highest BCUT2D eigenvalue weighted by Crippen LogP contribution is 2.31. The molecule has 1 heterocycles. The molecule has 0 saturated heterocycles. The molecule has 2 saturated carbocycles. The lowest BCUT2D eigenvalue weighted by Gasteiger charge is -2.41. The van der Waals surface area contributed by atoms with Crippen LogP contribution in [0.3, 0.4) is 0 Å². The molecule has 3 heteroatoms. The molecule has 2 aliphatic rings. The highest BCUT2D eigenvalue weighted by Gasteiger charge is 2.29. The lowest BCUT2D eigenvalue weighted by atomic mass is 9.88. The first-order chi connectivity index (χ1) is 10.4. The molecule has 116 valence electrons. The van der Waals surface area contributed by atoms with Crippen LogP contribution in [0.5, 0.6) is 0 Å². The third-order valence-electron chi connectivity index (χ3n) is 5.22. The molecule has 0 aromatic carbocycles. The molecule has 3 nitrogen and oxygen atoms in total. The fourth-order valence-corrected chi connectivity index (χ4v) is 4.10. The largest absolute Gasteiger partial charge is 0.457 e. The van der Waals surface area contributed by atoms with E-state index < -0.39 is 0 Å². The molecule has 0 unspecified atom stereocenters. The average Bonchev–Trinajstić information content (AvgIpc) is 3.02. The molecule has 0 bridgehead atoms. The molecule has 0 aliphatic heterocycles. The molecule has 2 aliphatic carbocycles. The van der Waals surface area contributed by atoms with Gasteiger partial charge in [-0.2, -0.15) is 0 Å². The van der Waals surface area contributed by atoms with Crippen LogP contribution in [0.1, 0.15) is 80.5 Å². The second-order valence-electron chi connectivity index (χ2n) is 6.68. The zero-order valence-electron chi connectivity index (χ0n) is 12.9. The van der Waals surface area contributed by atoms with Crippen molar-refractivity contribution in [3.63, 3.8) is 0 Å². The van der Waals surface area contributed by atoms with Crippen LogP contribution >= 0.6 is 0 Å². The van der Waals surface area contributed by atoms with Gasteiger partial charge < -0.3 is 4.42 Å². The maximum atomic E-state index is 10.8. The molecule has 2 fully saturated rings.